The molecular weight excluding hydrogens is 226 g/mol. The van der Waals surface area contributed by atoms with Crippen molar-refractivity contribution in [2.45, 2.75) is 32.2 Å². The normalized spacial score (nSPS) is 23.6. The summed E-state index contributed by atoms with van der Waals surface area (Å²) in [5, 5.41) is 3.00. The quantitative estimate of drug-likeness (QED) is 0.846. The number of rotatable bonds is 4. The first-order valence-corrected chi connectivity index (χ1v) is 6.66. The second-order valence-corrected chi connectivity index (χ2v) is 5.03. The average molecular weight is 247 g/mol. The standard InChI is InChI=1S/C14H21N3O/c15-9-11-1-3-13(4-2-11)14(18)17-10-12-5-7-16-8-6-12/h5-8,11,13H,1-4,9-10,15H2,(H,17,18)/t11-,13-. The second kappa shape index (κ2) is 6.50. The van der Waals surface area contributed by atoms with Crippen molar-refractivity contribution >= 4 is 5.91 Å². The minimum absolute atomic E-state index is 0.176. The van der Waals surface area contributed by atoms with Gasteiger partial charge in [-0.2, -0.15) is 0 Å². The molecule has 0 aliphatic heterocycles. The van der Waals surface area contributed by atoms with Crippen molar-refractivity contribution in [2.75, 3.05) is 6.54 Å². The van der Waals surface area contributed by atoms with Crippen LogP contribution in [0.1, 0.15) is 31.2 Å². The van der Waals surface area contributed by atoms with Crippen LogP contribution in [0.5, 0.6) is 0 Å². The minimum Gasteiger partial charge on any atom is -0.352 e. The Labute approximate surface area is 108 Å². The largest absolute Gasteiger partial charge is 0.352 e. The van der Waals surface area contributed by atoms with E-state index < -0.39 is 0 Å². The molecule has 98 valence electrons. The maximum Gasteiger partial charge on any atom is 0.223 e. The molecule has 0 unspecified atom stereocenters. The Morgan fingerprint density at radius 2 is 1.94 bits per heavy atom. The summed E-state index contributed by atoms with van der Waals surface area (Å²) in [6.07, 6.45) is 7.61. The number of carbonyl (C=O) groups excluding carboxylic acids is 1. The van der Waals surface area contributed by atoms with Crippen molar-refractivity contribution in [2.24, 2.45) is 17.6 Å². The van der Waals surface area contributed by atoms with E-state index in [-0.39, 0.29) is 11.8 Å². The molecule has 18 heavy (non-hydrogen) atoms. The lowest BCUT2D eigenvalue weighted by molar-refractivity contribution is -0.126. The molecular formula is C14H21N3O. The lowest BCUT2D eigenvalue weighted by Gasteiger charge is -2.26. The Bertz CT molecular complexity index is 372. The van der Waals surface area contributed by atoms with Gasteiger partial charge in [-0.1, -0.05) is 0 Å². The molecule has 4 heteroatoms. The summed E-state index contributed by atoms with van der Waals surface area (Å²) in [6.45, 7) is 1.35. The summed E-state index contributed by atoms with van der Waals surface area (Å²) in [5.74, 6) is 0.978. The van der Waals surface area contributed by atoms with E-state index in [0.29, 0.717) is 12.5 Å². The third-order valence-electron chi connectivity index (χ3n) is 3.77. The molecule has 0 aromatic carbocycles. The topological polar surface area (TPSA) is 68.0 Å². The molecule has 2 rings (SSSR count). The van der Waals surface area contributed by atoms with Crippen molar-refractivity contribution in [1.29, 1.82) is 0 Å². The maximum atomic E-state index is 12.0. The van der Waals surface area contributed by atoms with Gasteiger partial charge in [-0.25, -0.2) is 0 Å². The van der Waals surface area contributed by atoms with Crippen LogP contribution in [0.3, 0.4) is 0 Å². The first kappa shape index (κ1) is 13.0. The fraction of sp³-hybridized carbons (Fsp3) is 0.571. The van der Waals surface area contributed by atoms with Gasteiger partial charge >= 0.3 is 0 Å². The highest BCUT2D eigenvalue weighted by molar-refractivity contribution is 5.78. The molecule has 1 aliphatic carbocycles. The highest BCUT2D eigenvalue weighted by atomic mass is 16.1. The zero-order valence-electron chi connectivity index (χ0n) is 10.6. The predicted molar refractivity (Wildman–Crippen MR) is 70.6 cm³/mol. The molecule has 0 saturated heterocycles. The van der Waals surface area contributed by atoms with Gasteiger partial charge in [0.1, 0.15) is 0 Å². The van der Waals surface area contributed by atoms with Crippen LogP contribution in [0.25, 0.3) is 0 Å². The SMILES string of the molecule is NC[C@H]1CC[C@H](C(=O)NCc2ccncc2)CC1. The van der Waals surface area contributed by atoms with E-state index in [9.17, 15) is 4.79 Å². The van der Waals surface area contributed by atoms with Gasteiger partial charge in [-0.05, 0) is 55.8 Å². The molecule has 0 atom stereocenters. The van der Waals surface area contributed by atoms with Crippen molar-refractivity contribution in [3.05, 3.63) is 30.1 Å². The Balaban J connectivity index is 1.75. The Morgan fingerprint density at radius 1 is 1.28 bits per heavy atom. The van der Waals surface area contributed by atoms with Crippen molar-refractivity contribution in [3.8, 4) is 0 Å². The van der Waals surface area contributed by atoms with Gasteiger partial charge in [0.2, 0.25) is 5.91 Å². The van der Waals surface area contributed by atoms with Gasteiger partial charge in [0.05, 0.1) is 0 Å². The molecule has 1 aliphatic rings. The molecule has 0 bridgehead atoms. The van der Waals surface area contributed by atoms with Crippen LogP contribution in [-0.4, -0.2) is 17.4 Å². The van der Waals surface area contributed by atoms with Crippen molar-refractivity contribution < 1.29 is 4.79 Å². The van der Waals surface area contributed by atoms with E-state index in [2.05, 4.69) is 10.3 Å². The first-order chi connectivity index (χ1) is 8.79. The third-order valence-corrected chi connectivity index (χ3v) is 3.77. The van der Waals surface area contributed by atoms with Crippen molar-refractivity contribution in [3.63, 3.8) is 0 Å². The van der Waals surface area contributed by atoms with E-state index in [4.69, 9.17) is 5.73 Å². The van der Waals surface area contributed by atoms with Crippen LogP contribution < -0.4 is 11.1 Å². The number of amides is 1. The monoisotopic (exact) mass is 247 g/mol. The van der Waals surface area contributed by atoms with E-state index in [1.807, 2.05) is 12.1 Å². The highest BCUT2D eigenvalue weighted by Gasteiger charge is 2.25. The Hall–Kier alpha value is -1.42. The van der Waals surface area contributed by atoms with Crippen LogP contribution in [0.4, 0.5) is 0 Å². The van der Waals surface area contributed by atoms with Crippen LogP contribution in [0.2, 0.25) is 0 Å². The summed E-state index contributed by atoms with van der Waals surface area (Å²) in [7, 11) is 0. The first-order valence-electron chi connectivity index (χ1n) is 6.66. The molecule has 1 heterocycles. The zero-order valence-corrected chi connectivity index (χ0v) is 10.6. The minimum atomic E-state index is 0.176. The molecule has 1 fully saturated rings. The van der Waals surface area contributed by atoms with Crippen LogP contribution in [0.15, 0.2) is 24.5 Å². The number of aromatic nitrogens is 1. The predicted octanol–water partition coefficient (Wildman–Crippen LogP) is 1.46. The fourth-order valence-corrected chi connectivity index (χ4v) is 2.49. The summed E-state index contributed by atoms with van der Waals surface area (Å²) >= 11 is 0. The number of pyridine rings is 1. The van der Waals surface area contributed by atoms with E-state index in [0.717, 1.165) is 37.8 Å². The number of hydrogen-bond acceptors (Lipinski definition) is 3. The molecule has 4 nitrogen and oxygen atoms in total. The number of nitrogens with zero attached hydrogens (tertiary/aromatic N) is 1. The number of nitrogens with one attached hydrogen (secondary N) is 1. The van der Waals surface area contributed by atoms with Crippen molar-refractivity contribution in [1.82, 2.24) is 10.3 Å². The smallest absolute Gasteiger partial charge is 0.223 e. The lowest BCUT2D eigenvalue weighted by atomic mass is 9.81. The molecule has 1 aromatic heterocycles. The maximum absolute atomic E-state index is 12.0. The van der Waals surface area contributed by atoms with Gasteiger partial charge in [0, 0.05) is 24.9 Å². The van der Waals surface area contributed by atoms with Gasteiger partial charge in [0.15, 0.2) is 0 Å². The Morgan fingerprint density at radius 3 is 2.56 bits per heavy atom. The van der Waals surface area contributed by atoms with Crippen LogP contribution >= 0.6 is 0 Å². The molecule has 1 aromatic rings. The van der Waals surface area contributed by atoms with Gasteiger partial charge in [-0.3, -0.25) is 9.78 Å². The Kier molecular flexibility index (Phi) is 4.70. The molecule has 0 radical (unpaired) electrons. The molecule has 3 N–H and O–H groups in total. The van der Waals surface area contributed by atoms with Gasteiger partial charge < -0.3 is 11.1 Å². The number of hydrogen-bond donors (Lipinski definition) is 2. The summed E-state index contributed by atoms with van der Waals surface area (Å²) in [5.41, 5.74) is 6.74. The second-order valence-electron chi connectivity index (χ2n) is 5.03. The summed E-state index contributed by atoms with van der Waals surface area (Å²) in [4.78, 5) is 16.0. The number of nitrogens with two attached hydrogens (primary N) is 1. The average Bonchev–Trinajstić information content (AvgIpc) is 2.46. The zero-order chi connectivity index (χ0) is 12.8. The van der Waals surface area contributed by atoms with E-state index in [1.54, 1.807) is 12.4 Å². The molecule has 1 amide bonds. The van der Waals surface area contributed by atoms with E-state index in [1.165, 1.54) is 0 Å². The number of carbonyl (C=O) groups is 1. The lowest BCUT2D eigenvalue weighted by Crippen LogP contribution is -2.33. The van der Waals surface area contributed by atoms with E-state index >= 15 is 0 Å². The van der Waals surface area contributed by atoms with Crippen LogP contribution in [-0.2, 0) is 11.3 Å². The summed E-state index contributed by atoms with van der Waals surface area (Å²) < 4.78 is 0. The van der Waals surface area contributed by atoms with Gasteiger partial charge in [0.25, 0.3) is 0 Å². The van der Waals surface area contributed by atoms with Crippen LogP contribution in [0, 0.1) is 11.8 Å². The fourth-order valence-electron chi connectivity index (χ4n) is 2.49. The molecule has 1 saturated carbocycles. The third kappa shape index (κ3) is 3.53. The molecule has 0 spiro atoms. The van der Waals surface area contributed by atoms with Gasteiger partial charge in [-0.15, -0.1) is 0 Å². The highest BCUT2D eigenvalue weighted by Crippen LogP contribution is 2.28. The summed E-state index contributed by atoms with van der Waals surface area (Å²) in [6, 6.07) is 3.84.